The highest BCUT2D eigenvalue weighted by Gasteiger charge is 2.45. The van der Waals surface area contributed by atoms with Gasteiger partial charge in [-0.2, -0.15) is 0 Å². The van der Waals surface area contributed by atoms with E-state index in [1.165, 1.54) is 12.0 Å². The first-order valence-electron chi connectivity index (χ1n) is 6.93. The Morgan fingerprint density at radius 3 is 2.38 bits per heavy atom. The summed E-state index contributed by atoms with van der Waals surface area (Å²) in [4.78, 5) is 26.2. The molecule has 6 heteroatoms. The molecular formula is C15H17NO5. The van der Waals surface area contributed by atoms with E-state index in [1.807, 2.05) is 0 Å². The van der Waals surface area contributed by atoms with Crippen molar-refractivity contribution in [1.82, 2.24) is 4.90 Å². The average Bonchev–Trinajstić information content (AvgIpc) is 2.79. The number of hydrogen-bond donors (Lipinski definition) is 1. The van der Waals surface area contributed by atoms with Crippen molar-refractivity contribution in [3.63, 3.8) is 0 Å². The molecule has 6 nitrogen and oxygen atoms in total. The van der Waals surface area contributed by atoms with Crippen LogP contribution < -0.4 is 0 Å². The topological polar surface area (TPSA) is 76.1 Å². The van der Waals surface area contributed by atoms with Crippen LogP contribution in [0, 0.1) is 0 Å². The monoisotopic (exact) mass is 291 g/mol. The Kier molecular flexibility index (Phi) is 3.75. The number of methoxy groups -OCH3 is 1. The van der Waals surface area contributed by atoms with Crippen LogP contribution >= 0.6 is 0 Å². The van der Waals surface area contributed by atoms with Crippen molar-refractivity contribution in [3.8, 4) is 0 Å². The van der Waals surface area contributed by atoms with Crippen LogP contribution in [0.25, 0.3) is 0 Å². The maximum atomic E-state index is 12.5. The number of rotatable bonds is 3. The van der Waals surface area contributed by atoms with Gasteiger partial charge in [0.15, 0.2) is 6.29 Å². The molecule has 21 heavy (non-hydrogen) atoms. The molecule has 2 heterocycles. The molecule has 2 amide bonds. The van der Waals surface area contributed by atoms with Gasteiger partial charge >= 0.3 is 0 Å². The number of aliphatic hydroxyl groups excluding tert-OH is 1. The summed E-state index contributed by atoms with van der Waals surface area (Å²) in [5.74, 6) is -0.623. The highest BCUT2D eigenvalue weighted by molar-refractivity contribution is 6.21. The van der Waals surface area contributed by atoms with E-state index in [2.05, 4.69) is 0 Å². The fraction of sp³-hybridized carbons (Fsp3) is 0.467. The van der Waals surface area contributed by atoms with Crippen molar-refractivity contribution >= 4 is 11.8 Å². The molecule has 1 saturated heterocycles. The number of aliphatic hydroxyl groups is 1. The number of carbonyl (C=O) groups excluding carboxylic acids is 2. The Balaban J connectivity index is 1.88. The lowest BCUT2D eigenvalue weighted by molar-refractivity contribution is -0.211. The largest absolute Gasteiger partial charge is 0.394 e. The first-order valence-corrected chi connectivity index (χ1v) is 6.93. The molecule has 2 aliphatic heterocycles. The average molecular weight is 291 g/mol. The quantitative estimate of drug-likeness (QED) is 0.833. The predicted molar refractivity (Wildman–Crippen MR) is 72.7 cm³/mol. The first kappa shape index (κ1) is 14.2. The van der Waals surface area contributed by atoms with E-state index in [0.29, 0.717) is 24.0 Å². The van der Waals surface area contributed by atoms with Crippen molar-refractivity contribution in [2.24, 2.45) is 0 Å². The lowest BCUT2D eigenvalue weighted by Gasteiger charge is -2.38. The van der Waals surface area contributed by atoms with Gasteiger partial charge in [-0.3, -0.25) is 14.5 Å². The molecule has 3 unspecified atom stereocenters. The lowest BCUT2D eigenvalue weighted by atomic mass is 10.0. The second kappa shape index (κ2) is 5.55. The Morgan fingerprint density at radius 2 is 1.86 bits per heavy atom. The number of carbonyl (C=O) groups is 2. The van der Waals surface area contributed by atoms with E-state index in [-0.39, 0.29) is 24.5 Å². The van der Waals surface area contributed by atoms with Crippen LogP contribution in [-0.4, -0.2) is 54.0 Å². The number of fused-ring (bicyclic) bond motifs is 1. The van der Waals surface area contributed by atoms with Crippen LogP contribution in [0.5, 0.6) is 0 Å². The summed E-state index contributed by atoms with van der Waals surface area (Å²) in [6, 6.07) is 6.31. The number of nitrogens with zero attached hydrogens (tertiary/aromatic N) is 1. The van der Waals surface area contributed by atoms with Gasteiger partial charge in [-0.15, -0.1) is 0 Å². The molecule has 112 valence electrons. The van der Waals surface area contributed by atoms with Crippen LogP contribution in [-0.2, 0) is 9.47 Å². The number of imide groups is 1. The number of ether oxygens (including phenoxy) is 2. The Bertz CT molecular complexity index is 538. The fourth-order valence-electron chi connectivity index (χ4n) is 2.95. The van der Waals surface area contributed by atoms with Gasteiger partial charge in [0.05, 0.1) is 29.9 Å². The molecule has 1 aromatic rings. The van der Waals surface area contributed by atoms with E-state index in [1.54, 1.807) is 24.3 Å². The van der Waals surface area contributed by atoms with E-state index < -0.39 is 12.3 Å². The number of amides is 2. The SMILES string of the molecule is COC1OC(CO)CCC1N1C(=O)c2ccccc2C1=O. The van der Waals surface area contributed by atoms with Gasteiger partial charge in [-0.25, -0.2) is 0 Å². The lowest BCUT2D eigenvalue weighted by Crippen LogP contribution is -2.53. The second-order valence-corrected chi connectivity index (χ2v) is 5.22. The fourth-order valence-corrected chi connectivity index (χ4v) is 2.95. The van der Waals surface area contributed by atoms with E-state index in [0.717, 1.165) is 0 Å². The molecular weight excluding hydrogens is 274 g/mol. The van der Waals surface area contributed by atoms with Crippen LogP contribution in [0.1, 0.15) is 33.6 Å². The zero-order valence-corrected chi connectivity index (χ0v) is 11.7. The Hall–Kier alpha value is -1.76. The van der Waals surface area contributed by atoms with Gasteiger partial charge in [0, 0.05) is 7.11 Å². The molecule has 0 saturated carbocycles. The van der Waals surface area contributed by atoms with E-state index in [4.69, 9.17) is 9.47 Å². The van der Waals surface area contributed by atoms with Gasteiger partial charge in [-0.1, -0.05) is 12.1 Å². The molecule has 3 atom stereocenters. The van der Waals surface area contributed by atoms with Crippen LogP contribution in [0.2, 0.25) is 0 Å². The highest BCUT2D eigenvalue weighted by Crippen LogP contribution is 2.31. The van der Waals surface area contributed by atoms with Gasteiger partial charge in [-0.05, 0) is 25.0 Å². The minimum Gasteiger partial charge on any atom is -0.394 e. The summed E-state index contributed by atoms with van der Waals surface area (Å²) >= 11 is 0. The predicted octanol–water partition coefficient (Wildman–Crippen LogP) is 0.795. The molecule has 1 N–H and O–H groups in total. The maximum Gasteiger partial charge on any atom is 0.261 e. The third-order valence-electron chi connectivity index (χ3n) is 4.02. The summed E-state index contributed by atoms with van der Waals surface area (Å²) < 4.78 is 10.9. The van der Waals surface area contributed by atoms with Crippen LogP contribution in [0.3, 0.4) is 0 Å². The van der Waals surface area contributed by atoms with Crippen molar-refractivity contribution in [1.29, 1.82) is 0 Å². The molecule has 3 rings (SSSR count). The molecule has 0 radical (unpaired) electrons. The third-order valence-corrected chi connectivity index (χ3v) is 4.02. The van der Waals surface area contributed by atoms with Gasteiger partial charge < -0.3 is 14.6 Å². The van der Waals surface area contributed by atoms with Crippen molar-refractivity contribution < 1.29 is 24.2 Å². The zero-order valence-electron chi connectivity index (χ0n) is 11.7. The van der Waals surface area contributed by atoms with E-state index >= 15 is 0 Å². The van der Waals surface area contributed by atoms with Crippen molar-refractivity contribution in [3.05, 3.63) is 35.4 Å². The standard InChI is InChI=1S/C15H17NO5/c1-20-15-12(7-6-9(8-17)21-15)16-13(18)10-4-2-3-5-11(10)14(16)19/h2-5,9,12,15,17H,6-8H2,1H3. The zero-order chi connectivity index (χ0) is 15.0. The molecule has 0 aromatic heterocycles. The summed E-state index contributed by atoms with van der Waals surface area (Å²) in [5.41, 5.74) is 0.836. The molecule has 1 aromatic carbocycles. The minimum atomic E-state index is -0.710. The molecule has 1 fully saturated rings. The number of hydrogen-bond acceptors (Lipinski definition) is 5. The van der Waals surface area contributed by atoms with Crippen molar-refractivity contribution in [2.45, 2.75) is 31.3 Å². The normalized spacial score (nSPS) is 28.9. The van der Waals surface area contributed by atoms with E-state index in [9.17, 15) is 14.7 Å². The highest BCUT2D eigenvalue weighted by atomic mass is 16.7. The minimum absolute atomic E-state index is 0.102. The summed E-state index contributed by atoms with van der Waals surface area (Å²) in [6.45, 7) is -0.102. The first-order chi connectivity index (χ1) is 10.2. The van der Waals surface area contributed by atoms with Gasteiger partial charge in [0.1, 0.15) is 0 Å². The summed E-state index contributed by atoms with van der Waals surface area (Å²) in [6.07, 6.45) is 0.100. The molecule has 0 bridgehead atoms. The van der Waals surface area contributed by atoms with Crippen molar-refractivity contribution in [2.75, 3.05) is 13.7 Å². The Labute approximate surface area is 122 Å². The Morgan fingerprint density at radius 1 is 1.24 bits per heavy atom. The van der Waals surface area contributed by atoms with Crippen LogP contribution in [0.4, 0.5) is 0 Å². The smallest absolute Gasteiger partial charge is 0.261 e. The molecule has 2 aliphatic rings. The summed E-state index contributed by atoms with van der Waals surface area (Å²) in [5, 5.41) is 9.17. The summed E-state index contributed by atoms with van der Waals surface area (Å²) in [7, 11) is 1.47. The van der Waals surface area contributed by atoms with Gasteiger partial charge in [0.25, 0.3) is 11.8 Å². The maximum absolute atomic E-state index is 12.5. The molecule has 0 aliphatic carbocycles. The van der Waals surface area contributed by atoms with Gasteiger partial charge in [0.2, 0.25) is 0 Å². The second-order valence-electron chi connectivity index (χ2n) is 5.22. The number of benzene rings is 1. The third kappa shape index (κ3) is 2.25. The molecule has 0 spiro atoms. The van der Waals surface area contributed by atoms with Crippen LogP contribution in [0.15, 0.2) is 24.3 Å².